The van der Waals surface area contributed by atoms with Crippen LogP contribution in [0.1, 0.15) is 63.0 Å². The minimum absolute atomic E-state index is 0.00392. The fourth-order valence-corrected chi connectivity index (χ4v) is 6.97. The van der Waals surface area contributed by atoms with Crippen LogP contribution in [-0.2, 0) is 13.1 Å². The Kier molecular flexibility index (Phi) is 14.8. The molecule has 1 aliphatic heterocycles. The molecule has 0 spiro atoms. The second kappa shape index (κ2) is 19.0. The lowest BCUT2D eigenvalue weighted by Gasteiger charge is -2.47. The zero-order chi connectivity index (χ0) is 38.7. The van der Waals surface area contributed by atoms with E-state index < -0.39 is 0 Å². The summed E-state index contributed by atoms with van der Waals surface area (Å²) in [7, 11) is 4.71. The summed E-state index contributed by atoms with van der Waals surface area (Å²) in [4.78, 5) is 32.1. The average molecular weight is 762 g/mol. The molecule has 0 unspecified atom stereocenters. The number of halogens is 2. The van der Waals surface area contributed by atoms with E-state index in [0.717, 1.165) is 44.0 Å². The fourth-order valence-electron chi connectivity index (χ4n) is 6.27. The Bertz CT molecular complexity index is 1950. The second-order valence-corrected chi connectivity index (χ2v) is 13.3. The van der Waals surface area contributed by atoms with E-state index in [1.807, 2.05) is 58.2 Å². The number of hydrogen-bond acceptors (Lipinski definition) is 9. The molecule has 5 aromatic rings. The number of carbonyl (C=O) groups is 1. The van der Waals surface area contributed by atoms with Gasteiger partial charge >= 0.3 is 0 Å². The number of nitrogens with one attached hydrogen (secondary N) is 1. The molecule has 0 radical (unpaired) electrons. The van der Waals surface area contributed by atoms with Gasteiger partial charge in [0, 0.05) is 74.0 Å². The van der Waals surface area contributed by atoms with Gasteiger partial charge in [0.25, 0.3) is 5.91 Å². The van der Waals surface area contributed by atoms with E-state index in [1.54, 1.807) is 31.5 Å². The van der Waals surface area contributed by atoms with Gasteiger partial charge in [-0.25, -0.2) is 4.98 Å². The van der Waals surface area contributed by atoms with Crippen LogP contribution in [0.2, 0.25) is 10.0 Å². The molecule has 1 fully saturated rings. The largest absolute Gasteiger partial charge is 0.497 e. The number of benzene rings is 3. The Hall–Kier alpha value is -4.48. The maximum atomic E-state index is 13.5. The topological polar surface area (TPSA) is 102 Å². The number of amides is 1. The van der Waals surface area contributed by atoms with E-state index in [9.17, 15) is 4.79 Å². The molecule has 6 rings (SSSR count). The first-order chi connectivity index (χ1) is 25.6. The average Bonchev–Trinajstić information content (AvgIpc) is 3.18. The van der Waals surface area contributed by atoms with Crippen LogP contribution in [0.3, 0.4) is 0 Å². The molecule has 0 bridgehead atoms. The lowest BCUT2D eigenvalue weighted by atomic mass is 9.97. The Morgan fingerprint density at radius 2 is 1.40 bits per heavy atom. The first-order valence-electron chi connectivity index (χ1n) is 17.8. The van der Waals surface area contributed by atoms with Gasteiger partial charge in [0.1, 0.15) is 28.6 Å². The van der Waals surface area contributed by atoms with Gasteiger partial charge in [-0.05, 0) is 49.2 Å². The zero-order valence-electron chi connectivity index (χ0n) is 32.1. The van der Waals surface area contributed by atoms with Crippen LogP contribution < -0.4 is 19.5 Å². The van der Waals surface area contributed by atoms with Gasteiger partial charge in [-0.1, -0.05) is 75.2 Å². The van der Waals surface area contributed by atoms with Crippen molar-refractivity contribution in [2.24, 2.45) is 0 Å². The van der Waals surface area contributed by atoms with Gasteiger partial charge in [-0.2, -0.15) is 0 Å². The first-order valence-corrected chi connectivity index (χ1v) is 18.6. The number of piperazine rings is 1. The summed E-state index contributed by atoms with van der Waals surface area (Å²) in [5, 5.41) is 3.50. The third kappa shape index (κ3) is 9.55. The molecule has 1 amide bonds. The number of methoxy groups -OCH3 is 3. The first kappa shape index (κ1) is 41.3. The number of aromatic nitrogens is 3. The molecule has 1 saturated heterocycles. The number of rotatable bonds is 10. The molecule has 12 heteroatoms. The zero-order valence-corrected chi connectivity index (χ0v) is 33.6. The Balaban J connectivity index is 0.00000152. The van der Waals surface area contributed by atoms with E-state index >= 15 is 0 Å². The molecule has 0 aliphatic carbocycles. The highest BCUT2D eigenvalue weighted by Gasteiger charge is 2.33. The van der Waals surface area contributed by atoms with Gasteiger partial charge < -0.3 is 19.5 Å². The smallest absolute Gasteiger partial charge is 0.259 e. The van der Waals surface area contributed by atoms with Crippen molar-refractivity contribution in [3.8, 4) is 28.4 Å². The van der Waals surface area contributed by atoms with Gasteiger partial charge in [-0.15, -0.1) is 0 Å². The molecule has 1 N–H and O–H groups in total. The predicted octanol–water partition coefficient (Wildman–Crippen LogP) is 9.43. The quantitative estimate of drug-likeness (QED) is 0.149. The van der Waals surface area contributed by atoms with Crippen molar-refractivity contribution < 1.29 is 19.0 Å². The monoisotopic (exact) mass is 760 g/mol. The van der Waals surface area contributed by atoms with Crippen molar-refractivity contribution in [1.82, 2.24) is 24.8 Å². The van der Waals surface area contributed by atoms with Crippen molar-refractivity contribution >= 4 is 46.0 Å². The summed E-state index contributed by atoms with van der Waals surface area (Å²) < 4.78 is 16.2. The molecule has 0 saturated carbocycles. The van der Waals surface area contributed by atoms with Crippen molar-refractivity contribution in [1.29, 1.82) is 0 Å². The predicted molar refractivity (Wildman–Crippen MR) is 216 cm³/mol. The highest BCUT2D eigenvalue weighted by atomic mass is 35.5. The van der Waals surface area contributed by atoms with Crippen LogP contribution in [-0.4, -0.2) is 77.2 Å². The number of anilines is 1. The van der Waals surface area contributed by atoms with E-state index in [2.05, 4.69) is 56.0 Å². The van der Waals surface area contributed by atoms with Crippen LogP contribution in [0.25, 0.3) is 22.2 Å². The summed E-state index contributed by atoms with van der Waals surface area (Å²) in [6.07, 6.45) is 4.90. The normalized spacial score (nSPS) is 13.9. The lowest BCUT2D eigenvalue weighted by molar-refractivity contribution is 0.0103. The SMILES string of the molecule is CC.CC.COc1ccc(CN2CCN(Cc3ccc(NC(=O)c4ccc(-c5c(Cl)c(OC)cc(OC)c5Cl)c5nccnc45)nc3)CC2(C)C)cc1. The highest BCUT2D eigenvalue weighted by molar-refractivity contribution is 6.41. The molecule has 0 atom stereocenters. The second-order valence-electron chi connectivity index (χ2n) is 12.5. The number of ether oxygens (including phenoxy) is 3. The molecular formula is C41H50Cl2N6O4. The van der Waals surface area contributed by atoms with Crippen molar-refractivity contribution in [2.45, 2.75) is 60.2 Å². The van der Waals surface area contributed by atoms with Crippen LogP contribution in [0, 0.1) is 0 Å². The van der Waals surface area contributed by atoms with Crippen LogP contribution in [0.5, 0.6) is 17.2 Å². The fraction of sp³-hybridized carbons (Fsp3) is 0.366. The number of pyridine rings is 1. The molecule has 3 aromatic carbocycles. The van der Waals surface area contributed by atoms with Crippen molar-refractivity contribution in [3.05, 3.63) is 99.9 Å². The minimum Gasteiger partial charge on any atom is -0.497 e. The van der Waals surface area contributed by atoms with Crippen LogP contribution in [0.4, 0.5) is 5.82 Å². The summed E-state index contributed by atoms with van der Waals surface area (Å²) >= 11 is 13.4. The maximum absolute atomic E-state index is 13.5. The summed E-state index contributed by atoms with van der Waals surface area (Å²) in [5.41, 5.74) is 4.55. The molecule has 3 heterocycles. The third-order valence-corrected chi connectivity index (χ3v) is 9.62. The van der Waals surface area contributed by atoms with Gasteiger partial charge in [0.2, 0.25) is 0 Å². The highest BCUT2D eigenvalue weighted by Crippen LogP contribution is 2.47. The third-order valence-electron chi connectivity index (χ3n) is 8.87. The van der Waals surface area contributed by atoms with Gasteiger partial charge in [-0.3, -0.25) is 24.6 Å². The number of hydrogen-bond donors (Lipinski definition) is 1. The molecule has 282 valence electrons. The number of carbonyl (C=O) groups excluding carboxylic acids is 1. The standard InChI is InChI=1S/C37H38Cl2N6O4.2C2H6/c1-37(2)22-44(16-17-45(37)21-23-6-9-25(47-3)10-7-23)20-24-8-13-30(42-19-24)43-36(46)27-12-11-26(34-35(27)41-15-14-40-34)31-32(38)28(48-4)18-29(49-5)33(31)39;2*1-2/h6-15,18-19H,16-17,20-22H2,1-5H3,(H,42,43,46);2*1-2H3. The molecule has 10 nitrogen and oxygen atoms in total. The van der Waals surface area contributed by atoms with E-state index in [-0.39, 0.29) is 11.4 Å². The Morgan fingerprint density at radius 1 is 0.774 bits per heavy atom. The van der Waals surface area contributed by atoms with Gasteiger partial charge in [0.05, 0.1) is 42.5 Å². The molecule has 2 aromatic heterocycles. The van der Waals surface area contributed by atoms with E-state index in [1.165, 1.54) is 26.0 Å². The minimum atomic E-state index is -0.368. The lowest BCUT2D eigenvalue weighted by Crippen LogP contribution is -2.58. The Labute approximate surface area is 323 Å². The van der Waals surface area contributed by atoms with Crippen molar-refractivity contribution in [3.63, 3.8) is 0 Å². The van der Waals surface area contributed by atoms with Crippen LogP contribution in [0.15, 0.2) is 73.2 Å². The van der Waals surface area contributed by atoms with E-state index in [4.69, 9.17) is 37.4 Å². The van der Waals surface area contributed by atoms with Crippen LogP contribution >= 0.6 is 23.2 Å². The number of nitrogens with zero attached hydrogens (tertiary/aromatic N) is 5. The van der Waals surface area contributed by atoms with E-state index in [0.29, 0.717) is 55.1 Å². The number of fused-ring (bicyclic) bond motifs is 1. The summed E-state index contributed by atoms with van der Waals surface area (Å²) in [6, 6.07) is 17.1. The summed E-state index contributed by atoms with van der Waals surface area (Å²) in [6.45, 7) is 17.1. The Morgan fingerprint density at radius 3 is 1.96 bits per heavy atom. The summed E-state index contributed by atoms with van der Waals surface area (Å²) in [5.74, 6) is 1.71. The maximum Gasteiger partial charge on any atom is 0.259 e. The molecule has 53 heavy (non-hydrogen) atoms. The molecule has 1 aliphatic rings. The molecular weight excluding hydrogens is 711 g/mol. The van der Waals surface area contributed by atoms with Gasteiger partial charge in [0.15, 0.2) is 0 Å². The van der Waals surface area contributed by atoms with Crippen molar-refractivity contribution in [2.75, 3.05) is 46.3 Å².